The van der Waals surface area contributed by atoms with E-state index in [1.54, 1.807) is 31.2 Å². The van der Waals surface area contributed by atoms with Crippen LogP contribution in [-0.2, 0) is 9.53 Å². The van der Waals surface area contributed by atoms with Crippen molar-refractivity contribution in [2.24, 2.45) is 5.92 Å². The number of nitriles is 1. The molecule has 0 heterocycles. The number of carbonyl (C=O) groups is 1. The van der Waals surface area contributed by atoms with E-state index >= 15 is 0 Å². The number of hydrogen-bond acceptors (Lipinski definition) is 3. The van der Waals surface area contributed by atoms with Crippen molar-refractivity contribution in [3.8, 4) is 6.07 Å². The number of rotatable bonds is 3. The third kappa shape index (κ3) is 2.57. The molecular formula is C12H13NO2. The smallest absolute Gasteiger partial charge is 0.162 e. The lowest BCUT2D eigenvalue weighted by Gasteiger charge is -2.07. The minimum atomic E-state index is -0.409. The molecule has 3 heteroatoms. The van der Waals surface area contributed by atoms with Crippen LogP contribution in [0.1, 0.15) is 13.3 Å². The van der Waals surface area contributed by atoms with E-state index in [1.807, 2.05) is 0 Å². The van der Waals surface area contributed by atoms with Crippen molar-refractivity contribution in [2.45, 2.75) is 13.3 Å². The van der Waals surface area contributed by atoms with Crippen LogP contribution in [0.5, 0.6) is 0 Å². The SMILES string of the molecule is CCC(=O)C1=CC=CC(C#N)C(OC)=C1. The molecule has 0 fully saturated rings. The molecule has 0 aromatic heterocycles. The molecule has 0 N–H and O–H groups in total. The molecule has 1 atom stereocenters. The van der Waals surface area contributed by atoms with Gasteiger partial charge in [0.05, 0.1) is 13.2 Å². The Bertz CT molecular complexity index is 383. The lowest BCUT2D eigenvalue weighted by Crippen LogP contribution is -2.03. The predicted octanol–water partition coefficient (Wildman–Crippen LogP) is 2.13. The Hall–Kier alpha value is -1.82. The van der Waals surface area contributed by atoms with Gasteiger partial charge in [0.15, 0.2) is 5.78 Å². The Morgan fingerprint density at radius 1 is 1.67 bits per heavy atom. The molecule has 1 rings (SSSR count). The molecule has 15 heavy (non-hydrogen) atoms. The van der Waals surface area contributed by atoms with Gasteiger partial charge in [-0.2, -0.15) is 5.26 Å². The minimum Gasteiger partial charge on any atom is -0.499 e. The summed E-state index contributed by atoms with van der Waals surface area (Å²) in [5.41, 5.74) is 0.586. The maximum atomic E-state index is 11.5. The fourth-order valence-corrected chi connectivity index (χ4v) is 1.33. The van der Waals surface area contributed by atoms with E-state index < -0.39 is 5.92 Å². The summed E-state index contributed by atoms with van der Waals surface area (Å²) in [4.78, 5) is 11.5. The molecule has 0 bridgehead atoms. The maximum absolute atomic E-state index is 11.5. The molecule has 3 nitrogen and oxygen atoms in total. The lowest BCUT2D eigenvalue weighted by atomic mass is 10.1. The van der Waals surface area contributed by atoms with E-state index in [9.17, 15) is 4.79 Å². The Labute approximate surface area is 89.3 Å². The zero-order valence-electron chi connectivity index (χ0n) is 8.86. The van der Waals surface area contributed by atoms with Gasteiger partial charge in [0.1, 0.15) is 11.7 Å². The largest absolute Gasteiger partial charge is 0.499 e. The highest BCUT2D eigenvalue weighted by atomic mass is 16.5. The van der Waals surface area contributed by atoms with E-state index in [2.05, 4.69) is 6.07 Å². The lowest BCUT2D eigenvalue weighted by molar-refractivity contribution is -0.115. The van der Waals surface area contributed by atoms with Crippen LogP contribution in [0.4, 0.5) is 0 Å². The molecule has 0 spiro atoms. The molecule has 0 aliphatic heterocycles. The summed E-state index contributed by atoms with van der Waals surface area (Å²) >= 11 is 0. The summed E-state index contributed by atoms with van der Waals surface area (Å²) in [5, 5.41) is 8.87. The monoisotopic (exact) mass is 203 g/mol. The number of ketones is 1. The number of hydrogen-bond donors (Lipinski definition) is 0. The highest BCUT2D eigenvalue weighted by molar-refractivity contribution is 5.98. The van der Waals surface area contributed by atoms with Crippen LogP contribution in [0.3, 0.4) is 0 Å². The number of Topliss-reactive ketones (excluding diaryl/α,β-unsaturated/α-hetero) is 1. The standard InChI is InChI=1S/C12H13NO2/c1-3-11(14)9-5-4-6-10(8-13)12(7-9)15-2/h4-7,10H,3H2,1-2H3. The first-order valence-corrected chi connectivity index (χ1v) is 4.79. The topological polar surface area (TPSA) is 50.1 Å². The zero-order chi connectivity index (χ0) is 11.3. The van der Waals surface area contributed by atoms with Gasteiger partial charge in [0, 0.05) is 12.0 Å². The summed E-state index contributed by atoms with van der Waals surface area (Å²) in [6.45, 7) is 1.81. The second kappa shape index (κ2) is 5.16. The second-order valence-corrected chi connectivity index (χ2v) is 3.14. The molecule has 0 aromatic carbocycles. The third-order valence-corrected chi connectivity index (χ3v) is 2.20. The normalized spacial score (nSPS) is 19.7. The average Bonchev–Trinajstić information content (AvgIpc) is 2.49. The molecule has 1 aliphatic rings. The van der Waals surface area contributed by atoms with Gasteiger partial charge in [-0.1, -0.05) is 25.2 Å². The first-order valence-electron chi connectivity index (χ1n) is 4.79. The zero-order valence-corrected chi connectivity index (χ0v) is 8.86. The summed E-state index contributed by atoms with van der Waals surface area (Å²) in [6, 6.07) is 2.10. The maximum Gasteiger partial charge on any atom is 0.162 e. The Morgan fingerprint density at radius 3 is 2.93 bits per heavy atom. The number of nitrogens with zero attached hydrogens (tertiary/aromatic N) is 1. The van der Waals surface area contributed by atoms with Gasteiger partial charge in [-0.25, -0.2) is 0 Å². The van der Waals surface area contributed by atoms with Crippen LogP contribution < -0.4 is 0 Å². The van der Waals surface area contributed by atoms with E-state index in [0.717, 1.165) is 0 Å². The van der Waals surface area contributed by atoms with E-state index in [1.165, 1.54) is 7.11 Å². The van der Waals surface area contributed by atoms with Crippen LogP contribution in [-0.4, -0.2) is 12.9 Å². The van der Waals surface area contributed by atoms with Crippen molar-refractivity contribution in [3.63, 3.8) is 0 Å². The molecule has 1 aliphatic carbocycles. The molecule has 78 valence electrons. The fraction of sp³-hybridized carbons (Fsp3) is 0.333. The molecule has 1 unspecified atom stereocenters. The van der Waals surface area contributed by atoms with Crippen molar-refractivity contribution < 1.29 is 9.53 Å². The molecule has 0 saturated carbocycles. The number of carbonyl (C=O) groups excluding carboxylic acids is 1. The minimum absolute atomic E-state index is 0.0489. The second-order valence-electron chi connectivity index (χ2n) is 3.14. The van der Waals surface area contributed by atoms with E-state index in [4.69, 9.17) is 10.00 Å². The van der Waals surface area contributed by atoms with E-state index in [0.29, 0.717) is 17.8 Å². The van der Waals surface area contributed by atoms with Crippen molar-refractivity contribution >= 4 is 5.78 Å². The third-order valence-electron chi connectivity index (χ3n) is 2.20. The molecular weight excluding hydrogens is 190 g/mol. The van der Waals surface area contributed by atoms with Crippen LogP contribution in [0.2, 0.25) is 0 Å². The van der Waals surface area contributed by atoms with Gasteiger partial charge in [-0.15, -0.1) is 0 Å². The van der Waals surface area contributed by atoms with Crippen LogP contribution >= 0.6 is 0 Å². The van der Waals surface area contributed by atoms with Crippen molar-refractivity contribution in [1.29, 1.82) is 5.26 Å². The van der Waals surface area contributed by atoms with Gasteiger partial charge < -0.3 is 4.74 Å². The summed E-state index contributed by atoms with van der Waals surface area (Å²) in [7, 11) is 1.50. The number of ether oxygens (including phenoxy) is 1. The molecule has 0 radical (unpaired) electrons. The quantitative estimate of drug-likeness (QED) is 0.706. The Morgan fingerprint density at radius 2 is 2.40 bits per heavy atom. The van der Waals surface area contributed by atoms with Gasteiger partial charge in [0.25, 0.3) is 0 Å². The van der Waals surface area contributed by atoms with Gasteiger partial charge in [-0.3, -0.25) is 4.79 Å². The molecule has 0 saturated heterocycles. The first-order chi connectivity index (χ1) is 7.22. The van der Waals surface area contributed by atoms with Crippen molar-refractivity contribution in [2.75, 3.05) is 7.11 Å². The highest BCUT2D eigenvalue weighted by Gasteiger charge is 2.15. The van der Waals surface area contributed by atoms with Crippen molar-refractivity contribution in [3.05, 3.63) is 35.6 Å². The molecule has 0 aromatic rings. The Balaban J connectivity index is 3.05. The summed E-state index contributed by atoms with van der Waals surface area (Å²) in [5.74, 6) is 0.153. The van der Waals surface area contributed by atoms with Crippen LogP contribution in [0, 0.1) is 17.2 Å². The van der Waals surface area contributed by atoms with Crippen LogP contribution in [0.15, 0.2) is 35.6 Å². The average molecular weight is 203 g/mol. The van der Waals surface area contributed by atoms with E-state index in [-0.39, 0.29) is 5.78 Å². The Kier molecular flexibility index (Phi) is 3.87. The van der Waals surface area contributed by atoms with Gasteiger partial charge in [-0.05, 0) is 6.08 Å². The highest BCUT2D eigenvalue weighted by Crippen LogP contribution is 2.19. The first kappa shape index (κ1) is 11.3. The van der Waals surface area contributed by atoms with Crippen molar-refractivity contribution in [1.82, 2.24) is 0 Å². The summed E-state index contributed by atoms with van der Waals surface area (Å²) in [6.07, 6.45) is 7.23. The van der Waals surface area contributed by atoms with Crippen LogP contribution in [0.25, 0.3) is 0 Å². The number of allylic oxidation sites excluding steroid dienone is 5. The van der Waals surface area contributed by atoms with Gasteiger partial charge in [0.2, 0.25) is 0 Å². The number of methoxy groups -OCH3 is 1. The van der Waals surface area contributed by atoms with Gasteiger partial charge >= 0.3 is 0 Å². The summed E-state index contributed by atoms with van der Waals surface area (Å²) < 4.78 is 5.09. The fourth-order valence-electron chi connectivity index (χ4n) is 1.33. The molecule has 0 amide bonds. The predicted molar refractivity (Wildman–Crippen MR) is 56.7 cm³/mol.